The van der Waals surface area contributed by atoms with Gasteiger partial charge in [-0.1, -0.05) is 13.8 Å². The van der Waals surface area contributed by atoms with Gasteiger partial charge in [0.2, 0.25) is 5.91 Å². The summed E-state index contributed by atoms with van der Waals surface area (Å²) in [6, 6.07) is 0.400. The van der Waals surface area contributed by atoms with Gasteiger partial charge >= 0.3 is 0 Å². The second-order valence-corrected chi connectivity index (χ2v) is 8.36. The standard InChI is InChI=1S/C21H36N6O.HI/c1-4-23-21(24-9-7-20(28)25-11-5-6-17(2)14-25)26-12-8-18(3)19(15-26)27-13-10-22-16-27;/h10,13,16-19H,4-9,11-12,14-15H2,1-3H3,(H,23,24);1H. The van der Waals surface area contributed by atoms with E-state index in [1.807, 2.05) is 23.6 Å². The van der Waals surface area contributed by atoms with Crippen molar-refractivity contribution >= 4 is 35.8 Å². The molecule has 3 unspecified atom stereocenters. The Balaban J connectivity index is 0.00000300. The lowest BCUT2D eigenvalue weighted by Gasteiger charge is -2.39. The number of carbonyl (C=O) groups excluding carboxylic acids is 1. The van der Waals surface area contributed by atoms with Crippen molar-refractivity contribution in [1.29, 1.82) is 0 Å². The second-order valence-electron chi connectivity index (χ2n) is 8.36. The number of nitrogens with one attached hydrogen (secondary N) is 1. The molecule has 0 saturated carbocycles. The Kier molecular flexibility index (Phi) is 9.71. The minimum atomic E-state index is 0. The smallest absolute Gasteiger partial charge is 0.224 e. The Morgan fingerprint density at radius 2 is 2.03 bits per heavy atom. The summed E-state index contributed by atoms with van der Waals surface area (Å²) in [7, 11) is 0. The fourth-order valence-electron chi connectivity index (χ4n) is 4.35. The Hall–Kier alpha value is -1.32. The fourth-order valence-corrected chi connectivity index (χ4v) is 4.35. The van der Waals surface area contributed by atoms with Crippen molar-refractivity contribution in [1.82, 2.24) is 24.7 Å². The molecule has 29 heavy (non-hydrogen) atoms. The lowest BCUT2D eigenvalue weighted by molar-refractivity contribution is -0.132. The van der Waals surface area contributed by atoms with Crippen LogP contribution in [0.5, 0.6) is 0 Å². The number of hydrogen-bond donors (Lipinski definition) is 1. The number of aromatic nitrogens is 2. The third kappa shape index (κ3) is 6.58. The fraction of sp³-hybridized carbons (Fsp3) is 0.762. The number of hydrogen-bond acceptors (Lipinski definition) is 3. The second kappa shape index (κ2) is 11.8. The first-order valence-corrected chi connectivity index (χ1v) is 10.9. The van der Waals surface area contributed by atoms with Crippen LogP contribution in [0.4, 0.5) is 0 Å². The maximum atomic E-state index is 12.5. The number of carbonyl (C=O) groups is 1. The molecule has 0 aliphatic carbocycles. The van der Waals surface area contributed by atoms with Crippen LogP contribution < -0.4 is 5.32 Å². The molecule has 1 amide bonds. The van der Waals surface area contributed by atoms with E-state index in [2.05, 4.69) is 40.5 Å². The maximum Gasteiger partial charge on any atom is 0.224 e. The Morgan fingerprint density at radius 3 is 2.72 bits per heavy atom. The van der Waals surface area contributed by atoms with Gasteiger partial charge in [0.25, 0.3) is 0 Å². The van der Waals surface area contributed by atoms with Crippen molar-refractivity contribution in [3.8, 4) is 0 Å². The van der Waals surface area contributed by atoms with E-state index in [1.54, 1.807) is 0 Å². The van der Waals surface area contributed by atoms with Crippen LogP contribution in [0.1, 0.15) is 52.5 Å². The van der Waals surface area contributed by atoms with Gasteiger partial charge in [-0.05, 0) is 38.0 Å². The van der Waals surface area contributed by atoms with Crippen molar-refractivity contribution in [2.24, 2.45) is 16.8 Å². The summed E-state index contributed by atoms with van der Waals surface area (Å²) in [5, 5.41) is 3.42. The molecule has 2 saturated heterocycles. The predicted molar refractivity (Wildman–Crippen MR) is 128 cm³/mol. The SMILES string of the molecule is CCNC(=NCCC(=O)N1CCCC(C)C1)N1CCC(C)C(n2ccnc2)C1.I. The molecule has 1 aromatic heterocycles. The lowest BCUT2D eigenvalue weighted by Crippen LogP contribution is -2.49. The summed E-state index contributed by atoms with van der Waals surface area (Å²) >= 11 is 0. The number of nitrogens with zero attached hydrogens (tertiary/aromatic N) is 5. The number of amides is 1. The summed E-state index contributed by atoms with van der Waals surface area (Å²) in [5.74, 6) is 2.40. The quantitative estimate of drug-likeness (QED) is 0.372. The molecular formula is C21H37IN6O. The van der Waals surface area contributed by atoms with Crippen molar-refractivity contribution < 1.29 is 4.79 Å². The first-order chi connectivity index (χ1) is 13.6. The summed E-state index contributed by atoms with van der Waals surface area (Å²) in [6.07, 6.45) is 9.78. The molecule has 164 valence electrons. The van der Waals surface area contributed by atoms with Crippen LogP contribution in [0.15, 0.2) is 23.7 Å². The van der Waals surface area contributed by atoms with E-state index in [9.17, 15) is 4.79 Å². The zero-order chi connectivity index (χ0) is 19.9. The summed E-state index contributed by atoms with van der Waals surface area (Å²) in [4.78, 5) is 25.9. The number of guanidine groups is 1. The van der Waals surface area contributed by atoms with Crippen molar-refractivity contribution in [2.75, 3.05) is 39.3 Å². The summed E-state index contributed by atoms with van der Waals surface area (Å²) in [6.45, 7) is 11.7. The van der Waals surface area contributed by atoms with Crippen LogP contribution in [-0.2, 0) is 4.79 Å². The molecule has 2 aliphatic rings. The van der Waals surface area contributed by atoms with Crippen LogP contribution in [0, 0.1) is 11.8 Å². The van der Waals surface area contributed by atoms with Gasteiger partial charge in [0.05, 0.1) is 18.9 Å². The molecule has 3 atom stereocenters. The number of aliphatic imine (C=N–C) groups is 1. The lowest BCUT2D eigenvalue weighted by atomic mass is 9.93. The minimum Gasteiger partial charge on any atom is -0.357 e. The van der Waals surface area contributed by atoms with Crippen LogP contribution in [0.2, 0.25) is 0 Å². The highest BCUT2D eigenvalue weighted by molar-refractivity contribution is 14.0. The van der Waals surface area contributed by atoms with E-state index in [0.29, 0.717) is 30.8 Å². The van der Waals surface area contributed by atoms with E-state index in [4.69, 9.17) is 4.99 Å². The van der Waals surface area contributed by atoms with Gasteiger partial charge in [0, 0.05) is 51.5 Å². The molecule has 8 heteroatoms. The third-order valence-corrected chi connectivity index (χ3v) is 6.06. The normalized spacial score (nSPS) is 25.5. The van der Waals surface area contributed by atoms with Gasteiger partial charge in [0.1, 0.15) is 0 Å². The molecule has 0 spiro atoms. The van der Waals surface area contributed by atoms with E-state index in [0.717, 1.165) is 51.5 Å². The monoisotopic (exact) mass is 516 g/mol. The third-order valence-electron chi connectivity index (χ3n) is 6.06. The largest absolute Gasteiger partial charge is 0.357 e. The van der Waals surface area contributed by atoms with Crippen molar-refractivity contribution in [3.05, 3.63) is 18.7 Å². The highest BCUT2D eigenvalue weighted by atomic mass is 127. The zero-order valence-corrected chi connectivity index (χ0v) is 20.4. The molecule has 2 aliphatic heterocycles. The zero-order valence-electron chi connectivity index (χ0n) is 18.1. The van der Waals surface area contributed by atoms with Gasteiger partial charge in [-0.2, -0.15) is 0 Å². The molecule has 0 radical (unpaired) electrons. The number of halogens is 1. The Labute approximate surface area is 192 Å². The maximum absolute atomic E-state index is 12.5. The average molecular weight is 516 g/mol. The van der Waals surface area contributed by atoms with Crippen LogP contribution in [0.25, 0.3) is 0 Å². The number of piperidine rings is 2. The molecule has 0 aromatic carbocycles. The highest BCUT2D eigenvalue weighted by Gasteiger charge is 2.29. The average Bonchev–Trinajstić information content (AvgIpc) is 3.22. The van der Waals surface area contributed by atoms with Gasteiger partial charge in [-0.3, -0.25) is 9.79 Å². The number of likely N-dealkylation sites (tertiary alicyclic amines) is 2. The van der Waals surface area contributed by atoms with E-state index in [1.165, 1.54) is 6.42 Å². The van der Waals surface area contributed by atoms with E-state index < -0.39 is 0 Å². The molecular weight excluding hydrogens is 479 g/mol. The molecule has 1 N–H and O–H groups in total. The Morgan fingerprint density at radius 1 is 1.21 bits per heavy atom. The molecule has 3 heterocycles. The molecule has 7 nitrogen and oxygen atoms in total. The minimum absolute atomic E-state index is 0. The van der Waals surface area contributed by atoms with Crippen LogP contribution in [-0.4, -0.2) is 70.5 Å². The molecule has 0 bridgehead atoms. The van der Waals surface area contributed by atoms with E-state index >= 15 is 0 Å². The van der Waals surface area contributed by atoms with Gasteiger partial charge in [-0.25, -0.2) is 4.98 Å². The number of rotatable bonds is 5. The molecule has 3 rings (SSSR count). The summed E-state index contributed by atoms with van der Waals surface area (Å²) < 4.78 is 2.21. The first kappa shape index (κ1) is 24.0. The first-order valence-electron chi connectivity index (χ1n) is 10.9. The molecule has 2 fully saturated rings. The summed E-state index contributed by atoms with van der Waals surface area (Å²) in [5.41, 5.74) is 0. The van der Waals surface area contributed by atoms with Crippen LogP contribution >= 0.6 is 24.0 Å². The van der Waals surface area contributed by atoms with Gasteiger partial charge in [-0.15, -0.1) is 24.0 Å². The molecule has 1 aromatic rings. The van der Waals surface area contributed by atoms with Gasteiger partial charge < -0.3 is 19.7 Å². The topological polar surface area (TPSA) is 65.8 Å². The predicted octanol–water partition coefficient (Wildman–Crippen LogP) is 3.00. The Bertz CT molecular complexity index is 650. The van der Waals surface area contributed by atoms with Gasteiger partial charge in [0.15, 0.2) is 5.96 Å². The van der Waals surface area contributed by atoms with E-state index in [-0.39, 0.29) is 29.9 Å². The number of imidazole rings is 1. The van der Waals surface area contributed by atoms with Crippen molar-refractivity contribution in [3.63, 3.8) is 0 Å². The van der Waals surface area contributed by atoms with Crippen LogP contribution in [0.3, 0.4) is 0 Å². The highest BCUT2D eigenvalue weighted by Crippen LogP contribution is 2.27. The van der Waals surface area contributed by atoms with Crippen molar-refractivity contribution in [2.45, 2.75) is 52.5 Å².